The Kier molecular flexibility index (Phi) is 3.87. The highest BCUT2D eigenvalue weighted by atomic mass is 35.5. The van der Waals surface area contributed by atoms with E-state index in [1.807, 2.05) is 19.1 Å². The summed E-state index contributed by atoms with van der Waals surface area (Å²) in [5.41, 5.74) is 0.970. The molecule has 0 saturated carbocycles. The van der Waals surface area contributed by atoms with Crippen molar-refractivity contribution in [2.24, 2.45) is 0 Å². The lowest BCUT2D eigenvalue weighted by Crippen LogP contribution is -2.57. The van der Waals surface area contributed by atoms with E-state index in [4.69, 9.17) is 11.6 Å². The molecule has 2 rings (SSSR count). The van der Waals surface area contributed by atoms with E-state index in [1.54, 1.807) is 17.0 Å². The van der Waals surface area contributed by atoms with Crippen LogP contribution in [-0.4, -0.2) is 29.3 Å². The maximum absolute atomic E-state index is 12.1. The predicted molar refractivity (Wildman–Crippen MR) is 69.1 cm³/mol. The van der Waals surface area contributed by atoms with Crippen molar-refractivity contribution in [2.45, 2.75) is 25.9 Å². The summed E-state index contributed by atoms with van der Waals surface area (Å²) in [6, 6.07) is 6.90. The molecule has 0 spiro atoms. The van der Waals surface area contributed by atoms with Gasteiger partial charge in [0.15, 0.2) is 0 Å². The molecule has 0 radical (unpaired) electrons. The highest BCUT2D eigenvalue weighted by Gasteiger charge is 2.31. The van der Waals surface area contributed by atoms with Crippen LogP contribution in [0, 0.1) is 0 Å². The van der Waals surface area contributed by atoms with Crippen LogP contribution in [-0.2, 0) is 16.1 Å². The second kappa shape index (κ2) is 5.40. The molecule has 1 aromatic rings. The number of halogens is 1. The number of carbonyl (C=O) groups excluding carboxylic acids is 2. The fourth-order valence-electron chi connectivity index (χ4n) is 1.99. The molecule has 2 amide bonds. The minimum atomic E-state index is -0.390. The van der Waals surface area contributed by atoms with Crippen molar-refractivity contribution in [3.8, 4) is 0 Å². The van der Waals surface area contributed by atoms with Crippen molar-refractivity contribution in [2.75, 3.05) is 6.54 Å². The van der Waals surface area contributed by atoms with Gasteiger partial charge in [0, 0.05) is 11.6 Å². The second-order valence-corrected chi connectivity index (χ2v) is 4.79. The first-order valence-corrected chi connectivity index (χ1v) is 6.30. The Morgan fingerprint density at radius 2 is 2.00 bits per heavy atom. The third kappa shape index (κ3) is 2.82. The summed E-state index contributed by atoms with van der Waals surface area (Å²) >= 11 is 5.81. The number of amides is 2. The molecule has 5 heteroatoms. The second-order valence-electron chi connectivity index (χ2n) is 4.35. The van der Waals surface area contributed by atoms with E-state index in [9.17, 15) is 9.59 Å². The van der Waals surface area contributed by atoms with Gasteiger partial charge in [0.05, 0.1) is 6.54 Å². The molecule has 1 N–H and O–H groups in total. The van der Waals surface area contributed by atoms with Gasteiger partial charge in [-0.25, -0.2) is 0 Å². The molecular formula is C13H15ClN2O2. The molecule has 0 aliphatic carbocycles. The van der Waals surface area contributed by atoms with E-state index in [1.165, 1.54) is 0 Å². The lowest BCUT2D eigenvalue weighted by atomic mass is 10.1. The number of piperazine rings is 1. The molecule has 1 atom stereocenters. The first-order chi connectivity index (χ1) is 8.60. The molecule has 1 saturated heterocycles. The van der Waals surface area contributed by atoms with Gasteiger partial charge in [0.1, 0.15) is 6.04 Å². The van der Waals surface area contributed by atoms with Gasteiger partial charge in [-0.2, -0.15) is 0 Å². The van der Waals surface area contributed by atoms with E-state index in [0.717, 1.165) is 5.56 Å². The van der Waals surface area contributed by atoms with Crippen LogP contribution in [0.25, 0.3) is 0 Å². The molecule has 0 aromatic heterocycles. The zero-order valence-corrected chi connectivity index (χ0v) is 10.9. The monoisotopic (exact) mass is 266 g/mol. The molecular weight excluding hydrogens is 252 g/mol. The predicted octanol–water partition coefficient (Wildman–Crippen LogP) is 1.58. The Bertz CT molecular complexity index is 459. The van der Waals surface area contributed by atoms with E-state index < -0.39 is 6.04 Å². The standard InChI is InChI=1S/C13H15ClN2O2/c1-2-11-13(18)16(8-12(17)15-11)7-9-3-5-10(14)6-4-9/h3-6,11H,2,7-8H2,1H3,(H,15,17). The number of carbonyl (C=O) groups is 2. The maximum Gasteiger partial charge on any atom is 0.245 e. The average Bonchev–Trinajstić information content (AvgIpc) is 2.36. The minimum Gasteiger partial charge on any atom is -0.343 e. The van der Waals surface area contributed by atoms with Crippen LogP contribution in [0.15, 0.2) is 24.3 Å². The van der Waals surface area contributed by atoms with Crippen molar-refractivity contribution in [1.29, 1.82) is 0 Å². The first-order valence-electron chi connectivity index (χ1n) is 5.92. The fraction of sp³-hybridized carbons (Fsp3) is 0.385. The zero-order chi connectivity index (χ0) is 13.1. The van der Waals surface area contributed by atoms with Crippen molar-refractivity contribution in [3.63, 3.8) is 0 Å². The van der Waals surface area contributed by atoms with Crippen LogP contribution in [0.1, 0.15) is 18.9 Å². The zero-order valence-electron chi connectivity index (χ0n) is 10.1. The maximum atomic E-state index is 12.1. The van der Waals surface area contributed by atoms with Gasteiger partial charge in [-0.05, 0) is 24.1 Å². The fourth-order valence-corrected chi connectivity index (χ4v) is 2.12. The Labute approximate surface area is 111 Å². The molecule has 1 fully saturated rings. The number of nitrogens with one attached hydrogen (secondary N) is 1. The van der Waals surface area contributed by atoms with Crippen molar-refractivity contribution in [3.05, 3.63) is 34.9 Å². The largest absolute Gasteiger partial charge is 0.343 e. The molecule has 1 aliphatic rings. The molecule has 4 nitrogen and oxygen atoms in total. The summed E-state index contributed by atoms with van der Waals surface area (Å²) in [5, 5.41) is 3.35. The van der Waals surface area contributed by atoms with Crippen LogP contribution in [0.3, 0.4) is 0 Å². The lowest BCUT2D eigenvalue weighted by molar-refractivity contribution is -0.144. The number of nitrogens with zero attached hydrogens (tertiary/aromatic N) is 1. The van der Waals surface area contributed by atoms with Gasteiger partial charge in [-0.3, -0.25) is 9.59 Å². The van der Waals surface area contributed by atoms with E-state index in [-0.39, 0.29) is 18.4 Å². The molecule has 96 valence electrons. The van der Waals surface area contributed by atoms with Crippen LogP contribution in [0.4, 0.5) is 0 Å². The number of rotatable bonds is 3. The van der Waals surface area contributed by atoms with Gasteiger partial charge < -0.3 is 10.2 Å². The quantitative estimate of drug-likeness (QED) is 0.903. The molecule has 1 aliphatic heterocycles. The summed E-state index contributed by atoms with van der Waals surface area (Å²) in [5.74, 6) is -0.123. The van der Waals surface area contributed by atoms with E-state index in [0.29, 0.717) is 18.0 Å². The third-order valence-electron chi connectivity index (χ3n) is 2.97. The van der Waals surface area contributed by atoms with Crippen molar-refractivity contribution >= 4 is 23.4 Å². The van der Waals surface area contributed by atoms with Crippen LogP contribution in [0.2, 0.25) is 5.02 Å². The van der Waals surface area contributed by atoms with Crippen molar-refractivity contribution < 1.29 is 9.59 Å². The Hall–Kier alpha value is -1.55. The average molecular weight is 267 g/mol. The summed E-state index contributed by atoms with van der Waals surface area (Å²) < 4.78 is 0. The summed E-state index contributed by atoms with van der Waals surface area (Å²) in [6.07, 6.45) is 0.613. The highest BCUT2D eigenvalue weighted by molar-refractivity contribution is 6.30. The summed E-state index contributed by atoms with van der Waals surface area (Å²) in [6.45, 7) is 2.45. The van der Waals surface area contributed by atoms with E-state index >= 15 is 0 Å². The highest BCUT2D eigenvalue weighted by Crippen LogP contribution is 2.14. The van der Waals surface area contributed by atoms with Crippen LogP contribution < -0.4 is 5.32 Å². The molecule has 1 aromatic carbocycles. The normalized spacial score (nSPS) is 19.9. The van der Waals surface area contributed by atoms with Gasteiger partial charge in [-0.1, -0.05) is 30.7 Å². The topological polar surface area (TPSA) is 49.4 Å². The summed E-state index contributed by atoms with van der Waals surface area (Å²) in [4.78, 5) is 25.1. The minimum absolute atomic E-state index is 0.0212. The Morgan fingerprint density at radius 1 is 1.33 bits per heavy atom. The lowest BCUT2D eigenvalue weighted by Gasteiger charge is -2.32. The summed E-state index contributed by atoms with van der Waals surface area (Å²) in [7, 11) is 0. The smallest absolute Gasteiger partial charge is 0.245 e. The van der Waals surface area contributed by atoms with Crippen LogP contribution >= 0.6 is 11.6 Å². The number of benzene rings is 1. The molecule has 0 bridgehead atoms. The number of hydrogen-bond acceptors (Lipinski definition) is 2. The third-order valence-corrected chi connectivity index (χ3v) is 3.23. The Balaban J connectivity index is 2.09. The first kappa shape index (κ1) is 12.9. The SMILES string of the molecule is CCC1NC(=O)CN(Cc2ccc(Cl)cc2)C1=O. The van der Waals surface area contributed by atoms with E-state index in [2.05, 4.69) is 5.32 Å². The van der Waals surface area contributed by atoms with Gasteiger partial charge in [0.2, 0.25) is 11.8 Å². The molecule has 1 heterocycles. The molecule has 1 unspecified atom stereocenters. The van der Waals surface area contributed by atoms with Gasteiger partial charge in [-0.15, -0.1) is 0 Å². The van der Waals surface area contributed by atoms with Crippen LogP contribution in [0.5, 0.6) is 0 Å². The molecule has 18 heavy (non-hydrogen) atoms. The van der Waals surface area contributed by atoms with Crippen molar-refractivity contribution in [1.82, 2.24) is 10.2 Å². The van der Waals surface area contributed by atoms with Gasteiger partial charge >= 0.3 is 0 Å². The Morgan fingerprint density at radius 3 is 2.61 bits per heavy atom. The van der Waals surface area contributed by atoms with Gasteiger partial charge in [0.25, 0.3) is 0 Å². The number of hydrogen-bond donors (Lipinski definition) is 1.